The molecule has 29 heavy (non-hydrogen) atoms. The third kappa shape index (κ3) is 3.25. The highest BCUT2D eigenvalue weighted by Crippen LogP contribution is 2.40. The van der Waals surface area contributed by atoms with Crippen molar-refractivity contribution in [3.63, 3.8) is 0 Å². The van der Waals surface area contributed by atoms with Crippen molar-refractivity contribution in [3.05, 3.63) is 56.7 Å². The first-order valence-electron chi connectivity index (χ1n) is 9.30. The van der Waals surface area contributed by atoms with Crippen LogP contribution in [0.15, 0.2) is 29.3 Å². The second-order valence-corrected chi connectivity index (χ2v) is 7.48. The molecule has 2 aromatic heterocycles. The fraction of sp³-hybridized carbons (Fsp3) is 0.286. The van der Waals surface area contributed by atoms with Gasteiger partial charge in [-0.25, -0.2) is 14.2 Å². The van der Waals surface area contributed by atoms with E-state index in [1.807, 2.05) is 4.57 Å². The van der Waals surface area contributed by atoms with Crippen LogP contribution in [0.5, 0.6) is 0 Å². The van der Waals surface area contributed by atoms with Crippen molar-refractivity contribution in [2.45, 2.75) is 32.7 Å². The molecule has 0 aliphatic heterocycles. The van der Waals surface area contributed by atoms with Gasteiger partial charge in [0.25, 0.3) is 0 Å². The highest BCUT2D eigenvalue weighted by molar-refractivity contribution is 6.33. The first kappa shape index (κ1) is 19.4. The largest absolute Gasteiger partial charge is 0.462 e. The SMILES string of the molecule is CCOC(=O)c1cn(C2CC2)c2c(C)c(-c3cnc(N)c(Cl)c3)c(F)cc2c1=O. The average molecular weight is 416 g/mol. The lowest BCUT2D eigenvalue weighted by Crippen LogP contribution is -2.21. The number of nitrogen functional groups attached to an aromatic ring is 1. The number of nitrogens with two attached hydrogens (primary N) is 1. The number of nitrogens with zero attached hydrogens (tertiary/aromatic N) is 2. The Hall–Kier alpha value is -2.93. The van der Waals surface area contributed by atoms with Crippen molar-refractivity contribution in [1.29, 1.82) is 0 Å². The van der Waals surface area contributed by atoms with Crippen molar-refractivity contribution in [2.24, 2.45) is 0 Å². The number of hydrogen-bond acceptors (Lipinski definition) is 5. The van der Waals surface area contributed by atoms with Crippen LogP contribution >= 0.6 is 11.6 Å². The predicted molar refractivity (Wildman–Crippen MR) is 110 cm³/mol. The maximum Gasteiger partial charge on any atom is 0.343 e. The molecule has 0 bridgehead atoms. The number of benzene rings is 1. The van der Waals surface area contributed by atoms with Gasteiger partial charge in [-0.1, -0.05) is 11.6 Å². The molecule has 150 valence electrons. The Bertz CT molecular complexity index is 1220. The number of ether oxygens (including phenoxy) is 1. The molecule has 1 fully saturated rings. The summed E-state index contributed by atoms with van der Waals surface area (Å²) in [6.07, 6.45) is 4.82. The number of halogens is 2. The van der Waals surface area contributed by atoms with E-state index in [0.29, 0.717) is 22.2 Å². The maximum atomic E-state index is 15.1. The summed E-state index contributed by atoms with van der Waals surface area (Å²) in [5, 5.41) is 0.370. The molecule has 0 unspecified atom stereocenters. The summed E-state index contributed by atoms with van der Waals surface area (Å²) < 4.78 is 22.0. The average Bonchev–Trinajstić information content (AvgIpc) is 3.50. The Labute approximate surface area is 171 Å². The zero-order valence-corrected chi connectivity index (χ0v) is 16.7. The molecule has 1 aliphatic rings. The molecule has 4 rings (SSSR count). The van der Waals surface area contributed by atoms with E-state index < -0.39 is 17.2 Å². The molecule has 8 heteroatoms. The van der Waals surface area contributed by atoms with Gasteiger partial charge in [0, 0.05) is 34.9 Å². The molecule has 2 N–H and O–H groups in total. The number of anilines is 1. The standard InChI is InChI=1S/C21H19ClFN3O3/c1-3-29-21(28)14-9-26(12-4-5-12)18-10(2)17(16(23)7-13(18)19(14)27)11-6-15(22)20(24)25-8-11/h6-9,12H,3-5H2,1-2H3,(H2,24,25). The Morgan fingerprint density at radius 3 is 2.76 bits per heavy atom. The number of aryl methyl sites for hydroxylation is 1. The second kappa shape index (κ2) is 7.15. The summed E-state index contributed by atoms with van der Waals surface area (Å²) in [5.74, 6) is -1.15. The monoisotopic (exact) mass is 415 g/mol. The van der Waals surface area contributed by atoms with E-state index in [-0.39, 0.29) is 34.4 Å². The normalized spacial score (nSPS) is 13.7. The van der Waals surface area contributed by atoms with E-state index >= 15 is 4.39 Å². The van der Waals surface area contributed by atoms with Crippen LogP contribution in [0.4, 0.5) is 10.2 Å². The van der Waals surface area contributed by atoms with Gasteiger partial charge in [0.2, 0.25) is 5.43 Å². The third-order valence-electron chi connectivity index (χ3n) is 5.10. The van der Waals surface area contributed by atoms with Crippen LogP contribution in [0.2, 0.25) is 5.02 Å². The molecule has 2 heterocycles. The summed E-state index contributed by atoms with van der Waals surface area (Å²) in [6.45, 7) is 3.56. The number of hydrogen-bond donors (Lipinski definition) is 1. The van der Waals surface area contributed by atoms with Crippen molar-refractivity contribution in [2.75, 3.05) is 12.3 Å². The summed E-state index contributed by atoms with van der Waals surface area (Å²) in [6, 6.07) is 2.87. The minimum Gasteiger partial charge on any atom is -0.462 e. The van der Waals surface area contributed by atoms with Crippen molar-refractivity contribution in [3.8, 4) is 11.1 Å². The Morgan fingerprint density at radius 2 is 2.14 bits per heavy atom. The number of esters is 1. The van der Waals surface area contributed by atoms with Gasteiger partial charge in [0.1, 0.15) is 17.2 Å². The highest BCUT2D eigenvalue weighted by Gasteiger charge is 2.29. The fourth-order valence-electron chi connectivity index (χ4n) is 3.61. The van der Waals surface area contributed by atoms with Gasteiger partial charge in [0.05, 0.1) is 17.1 Å². The van der Waals surface area contributed by atoms with Gasteiger partial charge in [-0.05, 0) is 44.4 Å². The molecule has 0 amide bonds. The van der Waals surface area contributed by atoms with Gasteiger partial charge < -0.3 is 15.0 Å². The lowest BCUT2D eigenvalue weighted by Gasteiger charge is -2.18. The molecule has 3 aromatic rings. The van der Waals surface area contributed by atoms with Gasteiger partial charge >= 0.3 is 5.97 Å². The Kier molecular flexibility index (Phi) is 4.78. The second-order valence-electron chi connectivity index (χ2n) is 7.08. The van der Waals surface area contributed by atoms with Crippen LogP contribution in [0.1, 0.15) is 41.7 Å². The number of carbonyl (C=O) groups excluding carboxylic acids is 1. The molecule has 0 spiro atoms. The zero-order valence-electron chi connectivity index (χ0n) is 16.0. The number of rotatable bonds is 4. The fourth-order valence-corrected chi connectivity index (χ4v) is 3.78. The summed E-state index contributed by atoms with van der Waals surface area (Å²) in [7, 11) is 0. The third-order valence-corrected chi connectivity index (χ3v) is 5.41. The van der Waals surface area contributed by atoms with Crippen LogP contribution < -0.4 is 11.2 Å². The van der Waals surface area contributed by atoms with Gasteiger partial charge in [-0.2, -0.15) is 0 Å². The summed E-state index contributed by atoms with van der Waals surface area (Å²) in [4.78, 5) is 29.2. The van der Waals surface area contributed by atoms with E-state index in [1.165, 1.54) is 18.5 Å². The first-order chi connectivity index (χ1) is 13.8. The molecule has 1 aliphatic carbocycles. The van der Waals surface area contributed by atoms with Crippen LogP contribution in [0.25, 0.3) is 22.0 Å². The van der Waals surface area contributed by atoms with Gasteiger partial charge in [0.15, 0.2) is 0 Å². The predicted octanol–water partition coefficient (Wildman–Crippen LogP) is 4.26. The van der Waals surface area contributed by atoms with Crippen molar-refractivity contribution in [1.82, 2.24) is 9.55 Å². The van der Waals surface area contributed by atoms with E-state index in [4.69, 9.17) is 22.1 Å². The van der Waals surface area contributed by atoms with Crippen LogP contribution in [-0.4, -0.2) is 22.1 Å². The minimum absolute atomic E-state index is 0.0880. The van der Waals surface area contributed by atoms with Crippen LogP contribution in [0.3, 0.4) is 0 Å². The molecular formula is C21H19ClFN3O3. The topological polar surface area (TPSA) is 87.2 Å². The quantitative estimate of drug-likeness (QED) is 0.643. The van der Waals surface area contributed by atoms with Crippen LogP contribution in [0, 0.1) is 12.7 Å². The summed E-state index contributed by atoms with van der Waals surface area (Å²) >= 11 is 6.07. The maximum absolute atomic E-state index is 15.1. The molecule has 1 aromatic carbocycles. The highest BCUT2D eigenvalue weighted by atomic mass is 35.5. The molecule has 1 saturated carbocycles. The van der Waals surface area contributed by atoms with E-state index in [9.17, 15) is 9.59 Å². The molecule has 0 saturated heterocycles. The first-order valence-corrected chi connectivity index (χ1v) is 9.67. The summed E-state index contributed by atoms with van der Waals surface area (Å²) in [5.41, 5.74) is 6.96. The number of fused-ring (bicyclic) bond motifs is 1. The van der Waals surface area contributed by atoms with E-state index in [1.54, 1.807) is 19.9 Å². The molecule has 0 atom stereocenters. The van der Waals surface area contributed by atoms with Crippen molar-refractivity contribution >= 4 is 34.3 Å². The van der Waals surface area contributed by atoms with E-state index in [2.05, 4.69) is 4.98 Å². The zero-order chi connectivity index (χ0) is 20.9. The lowest BCUT2D eigenvalue weighted by atomic mass is 9.96. The number of carbonyl (C=O) groups is 1. The lowest BCUT2D eigenvalue weighted by molar-refractivity contribution is 0.0524. The molecule has 6 nitrogen and oxygen atoms in total. The van der Waals surface area contributed by atoms with Crippen LogP contribution in [-0.2, 0) is 4.74 Å². The van der Waals surface area contributed by atoms with Crippen molar-refractivity contribution < 1.29 is 13.9 Å². The van der Waals surface area contributed by atoms with E-state index in [0.717, 1.165) is 12.8 Å². The number of pyridine rings is 2. The van der Waals surface area contributed by atoms with Gasteiger partial charge in [-0.3, -0.25) is 4.79 Å². The molecular weight excluding hydrogens is 397 g/mol. The van der Waals surface area contributed by atoms with Gasteiger partial charge in [-0.15, -0.1) is 0 Å². The number of aromatic nitrogens is 2. The minimum atomic E-state index is -0.703. The smallest absolute Gasteiger partial charge is 0.343 e. The Morgan fingerprint density at radius 1 is 1.41 bits per heavy atom. The Balaban J connectivity index is 2.04. The molecule has 0 radical (unpaired) electrons.